The lowest BCUT2D eigenvalue weighted by atomic mass is 9.95. The van der Waals surface area contributed by atoms with Crippen LogP contribution in [-0.4, -0.2) is 27.7 Å². The Labute approximate surface area is 81.2 Å². The fourth-order valence-electron chi connectivity index (χ4n) is 1.86. The first-order valence-electron chi connectivity index (χ1n) is 4.77. The zero-order chi connectivity index (χ0) is 9.26. The minimum Gasteiger partial charge on any atom is -0.346 e. The topological polar surface area (TPSA) is 31.9 Å². The van der Waals surface area contributed by atoms with E-state index in [1.54, 1.807) is 0 Å². The number of rotatable bonds is 1. The number of aryl methyl sites for hydroxylation is 1. The number of aromatic amines is 1. The average Bonchev–Trinajstić information content (AvgIpc) is 2.53. The van der Waals surface area contributed by atoms with Crippen molar-refractivity contribution in [3.8, 4) is 0 Å². The number of hydrogen-bond acceptors (Lipinski definition) is 2. The third kappa shape index (κ3) is 2.09. The smallest absolute Gasteiger partial charge is 0.103 e. The van der Waals surface area contributed by atoms with Crippen LogP contribution in [0.5, 0.6) is 0 Å². The van der Waals surface area contributed by atoms with E-state index in [4.69, 9.17) is 0 Å². The van der Waals surface area contributed by atoms with Crippen molar-refractivity contribution in [2.75, 3.05) is 13.1 Å². The maximum Gasteiger partial charge on any atom is 0.103 e. The highest BCUT2D eigenvalue weighted by atomic mass is 31.0. The molecule has 0 spiro atoms. The van der Waals surface area contributed by atoms with E-state index >= 15 is 0 Å². The molecule has 13 heavy (non-hydrogen) atoms. The van der Waals surface area contributed by atoms with Gasteiger partial charge in [0, 0.05) is 30.9 Å². The van der Waals surface area contributed by atoms with E-state index in [0.717, 1.165) is 5.82 Å². The molecule has 1 saturated heterocycles. The fourth-order valence-corrected chi connectivity index (χ4v) is 2.16. The van der Waals surface area contributed by atoms with Crippen molar-refractivity contribution >= 4 is 9.39 Å². The standard InChI is InChI=1S/C9H16N3P/c1-7-10-6-9(11-7)8-2-4-12(13)5-3-8/h6,8H,2-5,13H2,1H3,(H,10,11). The van der Waals surface area contributed by atoms with Gasteiger partial charge in [-0.15, -0.1) is 0 Å². The van der Waals surface area contributed by atoms with E-state index in [-0.39, 0.29) is 0 Å². The number of nitrogens with zero attached hydrogens (tertiary/aromatic N) is 2. The maximum absolute atomic E-state index is 4.24. The van der Waals surface area contributed by atoms with E-state index in [1.807, 2.05) is 13.1 Å². The summed E-state index contributed by atoms with van der Waals surface area (Å²) in [5, 5.41) is 0. The molecule has 0 aromatic carbocycles. The van der Waals surface area contributed by atoms with Gasteiger partial charge in [-0.05, 0) is 19.8 Å². The van der Waals surface area contributed by atoms with Gasteiger partial charge in [-0.1, -0.05) is 9.39 Å². The van der Waals surface area contributed by atoms with Crippen molar-refractivity contribution in [1.29, 1.82) is 0 Å². The van der Waals surface area contributed by atoms with Crippen molar-refractivity contribution in [2.45, 2.75) is 25.7 Å². The first-order valence-corrected chi connectivity index (χ1v) is 5.28. The van der Waals surface area contributed by atoms with Gasteiger partial charge in [-0.25, -0.2) is 4.98 Å². The van der Waals surface area contributed by atoms with Gasteiger partial charge in [-0.3, -0.25) is 4.67 Å². The van der Waals surface area contributed by atoms with E-state index < -0.39 is 0 Å². The summed E-state index contributed by atoms with van der Waals surface area (Å²) in [5.41, 5.74) is 1.32. The van der Waals surface area contributed by atoms with Crippen molar-refractivity contribution in [3.05, 3.63) is 17.7 Å². The van der Waals surface area contributed by atoms with E-state index in [9.17, 15) is 0 Å². The molecule has 1 aliphatic heterocycles. The quantitative estimate of drug-likeness (QED) is 0.695. The molecular formula is C9H16N3P. The van der Waals surface area contributed by atoms with Crippen LogP contribution in [0.3, 0.4) is 0 Å². The Morgan fingerprint density at radius 2 is 2.23 bits per heavy atom. The number of aromatic nitrogens is 2. The Hall–Kier alpha value is -0.400. The summed E-state index contributed by atoms with van der Waals surface area (Å²) in [6.45, 7) is 4.36. The van der Waals surface area contributed by atoms with Gasteiger partial charge in [0.15, 0.2) is 0 Å². The predicted molar refractivity (Wildman–Crippen MR) is 56.6 cm³/mol. The number of nitrogens with one attached hydrogen (secondary N) is 1. The number of piperidine rings is 1. The summed E-state index contributed by atoms with van der Waals surface area (Å²) >= 11 is 0. The van der Waals surface area contributed by atoms with Crippen molar-refractivity contribution < 1.29 is 0 Å². The minimum atomic E-state index is 0.693. The number of H-pyrrole nitrogens is 1. The predicted octanol–water partition coefficient (Wildman–Crippen LogP) is 1.69. The summed E-state index contributed by atoms with van der Waals surface area (Å²) in [6.07, 6.45) is 4.47. The van der Waals surface area contributed by atoms with Crippen LogP contribution in [0.1, 0.15) is 30.3 Å². The Bertz CT molecular complexity index is 276. The molecule has 2 rings (SSSR count). The summed E-state index contributed by atoms with van der Waals surface area (Å²) in [5.74, 6) is 1.72. The molecule has 72 valence electrons. The van der Waals surface area contributed by atoms with Gasteiger partial charge >= 0.3 is 0 Å². The lowest BCUT2D eigenvalue weighted by Gasteiger charge is -2.27. The van der Waals surface area contributed by atoms with Crippen LogP contribution >= 0.6 is 9.39 Å². The van der Waals surface area contributed by atoms with Crippen LogP contribution in [-0.2, 0) is 0 Å². The highest BCUT2D eigenvalue weighted by Gasteiger charge is 2.19. The largest absolute Gasteiger partial charge is 0.346 e. The first kappa shape index (κ1) is 9.17. The van der Waals surface area contributed by atoms with Gasteiger partial charge < -0.3 is 4.98 Å². The number of hydrogen-bond donors (Lipinski definition) is 1. The normalized spacial score (nSPS) is 20.8. The van der Waals surface area contributed by atoms with Gasteiger partial charge in [0.05, 0.1) is 0 Å². The van der Waals surface area contributed by atoms with Crippen LogP contribution in [0, 0.1) is 6.92 Å². The Balaban J connectivity index is 2.02. The van der Waals surface area contributed by atoms with Crippen LogP contribution in [0.25, 0.3) is 0 Å². The molecule has 0 saturated carbocycles. The minimum absolute atomic E-state index is 0.693. The van der Waals surface area contributed by atoms with Gasteiger partial charge in [-0.2, -0.15) is 0 Å². The van der Waals surface area contributed by atoms with Gasteiger partial charge in [0.2, 0.25) is 0 Å². The lowest BCUT2D eigenvalue weighted by Crippen LogP contribution is -2.24. The molecule has 2 heterocycles. The molecule has 1 aromatic heterocycles. The molecular weight excluding hydrogens is 181 g/mol. The summed E-state index contributed by atoms with van der Waals surface area (Å²) in [4.78, 5) is 7.56. The SMILES string of the molecule is Cc1ncc(C2CCN(P)CC2)[nH]1. The van der Waals surface area contributed by atoms with Crippen molar-refractivity contribution in [2.24, 2.45) is 0 Å². The Kier molecular flexibility index (Phi) is 2.66. The van der Waals surface area contributed by atoms with Crippen LogP contribution < -0.4 is 0 Å². The molecule has 0 bridgehead atoms. The molecule has 3 nitrogen and oxygen atoms in total. The second-order valence-corrected chi connectivity index (χ2v) is 4.46. The molecule has 1 N–H and O–H groups in total. The molecule has 0 amide bonds. The zero-order valence-electron chi connectivity index (χ0n) is 7.95. The van der Waals surface area contributed by atoms with Gasteiger partial charge in [0.25, 0.3) is 0 Å². The lowest BCUT2D eigenvalue weighted by molar-refractivity contribution is 0.342. The fraction of sp³-hybridized carbons (Fsp3) is 0.667. The summed E-state index contributed by atoms with van der Waals surface area (Å²) in [6, 6.07) is 0. The first-order chi connectivity index (χ1) is 6.25. The van der Waals surface area contributed by atoms with Crippen LogP contribution in [0.2, 0.25) is 0 Å². The van der Waals surface area contributed by atoms with E-state index in [0.29, 0.717) is 5.92 Å². The highest BCUT2D eigenvalue weighted by Crippen LogP contribution is 2.27. The summed E-state index contributed by atoms with van der Waals surface area (Å²) < 4.78 is 2.31. The Morgan fingerprint density at radius 3 is 2.77 bits per heavy atom. The summed E-state index contributed by atoms with van der Waals surface area (Å²) in [7, 11) is 2.77. The third-order valence-electron chi connectivity index (χ3n) is 2.69. The molecule has 1 aromatic rings. The van der Waals surface area contributed by atoms with E-state index in [1.165, 1.54) is 31.6 Å². The molecule has 1 aliphatic rings. The zero-order valence-corrected chi connectivity index (χ0v) is 9.11. The van der Waals surface area contributed by atoms with Crippen molar-refractivity contribution in [3.63, 3.8) is 0 Å². The maximum atomic E-state index is 4.24. The molecule has 1 unspecified atom stereocenters. The monoisotopic (exact) mass is 197 g/mol. The van der Waals surface area contributed by atoms with Crippen LogP contribution in [0.4, 0.5) is 0 Å². The number of imidazole rings is 1. The molecule has 1 atom stereocenters. The molecule has 0 radical (unpaired) electrons. The van der Waals surface area contributed by atoms with Crippen LogP contribution in [0.15, 0.2) is 6.20 Å². The second-order valence-electron chi connectivity index (χ2n) is 3.73. The highest BCUT2D eigenvalue weighted by molar-refractivity contribution is 7.13. The van der Waals surface area contributed by atoms with Crippen molar-refractivity contribution in [1.82, 2.24) is 14.6 Å². The van der Waals surface area contributed by atoms with E-state index in [2.05, 4.69) is 24.0 Å². The molecule has 0 aliphatic carbocycles. The molecule has 4 heteroatoms. The molecule has 1 fully saturated rings. The third-order valence-corrected chi connectivity index (χ3v) is 3.21. The van der Waals surface area contributed by atoms with Gasteiger partial charge in [0.1, 0.15) is 5.82 Å². The Morgan fingerprint density at radius 1 is 1.54 bits per heavy atom. The average molecular weight is 197 g/mol. The second kappa shape index (κ2) is 3.77.